The molecule has 1 fully saturated rings. The third kappa shape index (κ3) is 4.37. The smallest absolute Gasteiger partial charge is 0.238 e. The molecular formula is C16H23N3O2. The fraction of sp³-hybridized carbons (Fsp3) is 0.500. The van der Waals surface area contributed by atoms with Gasteiger partial charge >= 0.3 is 0 Å². The molecule has 1 aromatic carbocycles. The van der Waals surface area contributed by atoms with Crippen molar-refractivity contribution in [2.45, 2.75) is 25.8 Å². The van der Waals surface area contributed by atoms with Crippen LogP contribution in [0.1, 0.15) is 30.1 Å². The highest BCUT2D eigenvalue weighted by Crippen LogP contribution is 2.16. The standard InChI is InChI=1S/C16H23N3O2/c1-12(20)14-5-3-4-6-15(14)18-16(21)11-19-9-7-13(17-2)8-10-19/h3-6,13,17H,7-11H2,1-2H3,(H,18,21). The zero-order chi connectivity index (χ0) is 15.2. The Balaban J connectivity index is 1.89. The number of piperidine rings is 1. The highest BCUT2D eigenvalue weighted by atomic mass is 16.2. The molecule has 5 nitrogen and oxygen atoms in total. The predicted molar refractivity (Wildman–Crippen MR) is 83.6 cm³/mol. The molecule has 1 heterocycles. The van der Waals surface area contributed by atoms with Gasteiger partial charge in [0.1, 0.15) is 0 Å². The number of ketones is 1. The average Bonchev–Trinajstić information content (AvgIpc) is 2.48. The molecule has 1 aliphatic heterocycles. The normalized spacial score (nSPS) is 16.7. The van der Waals surface area contributed by atoms with E-state index in [0.29, 0.717) is 23.8 Å². The fourth-order valence-electron chi connectivity index (χ4n) is 2.67. The van der Waals surface area contributed by atoms with Crippen molar-refractivity contribution in [1.29, 1.82) is 0 Å². The molecule has 0 atom stereocenters. The first-order chi connectivity index (χ1) is 10.1. The lowest BCUT2D eigenvalue weighted by atomic mass is 10.1. The summed E-state index contributed by atoms with van der Waals surface area (Å²) in [5.74, 6) is -0.104. The number of anilines is 1. The van der Waals surface area contributed by atoms with Gasteiger partial charge in [-0.05, 0) is 38.9 Å². The lowest BCUT2D eigenvalue weighted by Crippen LogP contribution is -2.44. The Morgan fingerprint density at radius 2 is 1.90 bits per heavy atom. The molecule has 1 aromatic rings. The summed E-state index contributed by atoms with van der Waals surface area (Å²) in [6, 6.07) is 7.68. The second-order valence-electron chi connectivity index (χ2n) is 5.49. The molecule has 2 N–H and O–H groups in total. The molecule has 114 valence electrons. The number of likely N-dealkylation sites (tertiary alicyclic amines) is 1. The third-order valence-corrected chi connectivity index (χ3v) is 3.94. The first kappa shape index (κ1) is 15.7. The number of hydrogen-bond acceptors (Lipinski definition) is 4. The minimum atomic E-state index is -0.0633. The summed E-state index contributed by atoms with van der Waals surface area (Å²) < 4.78 is 0. The fourth-order valence-corrected chi connectivity index (χ4v) is 2.67. The Labute approximate surface area is 125 Å². The maximum atomic E-state index is 12.1. The zero-order valence-electron chi connectivity index (χ0n) is 12.7. The third-order valence-electron chi connectivity index (χ3n) is 3.94. The van der Waals surface area contributed by atoms with Crippen molar-refractivity contribution >= 4 is 17.4 Å². The maximum Gasteiger partial charge on any atom is 0.238 e. The summed E-state index contributed by atoms with van der Waals surface area (Å²) in [7, 11) is 1.98. The van der Waals surface area contributed by atoms with E-state index in [1.54, 1.807) is 18.2 Å². The summed E-state index contributed by atoms with van der Waals surface area (Å²) in [6.07, 6.45) is 2.13. The van der Waals surface area contributed by atoms with E-state index >= 15 is 0 Å². The van der Waals surface area contributed by atoms with Crippen molar-refractivity contribution in [2.75, 3.05) is 32.0 Å². The van der Waals surface area contributed by atoms with Gasteiger partial charge in [0.2, 0.25) is 5.91 Å². The second kappa shape index (κ2) is 7.33. The van der Waals surface area contributed by atoms with E-state index in [1.807, 2.05) is 13.1 Å². The highest BCUT2D eigenvalue weighted by Gasteiger charge is 2.20. The molecule has 0 aromatic heterocycles. The summed E-state index contributed by atoms with van der Waals surface area (Å²) in [5.41, 5.74) is 1.15. The number of para-hydroxylation sites is 1. The van der Waals surface area contributed by atoms with Crippen LogP contribution < -0.4 is 10.6 Å². The number of hydrogen-bond donors (Lipinski definition) is 2. The van der Waals surface area contributed by atoms with Crippen LogP contribution in [0.4, 0.5) is 5.69 Å². The average molecular weight is 289 g/mol. The van der Waals surface area contributed by atoms with Gasteiger partial charge in [0.25, 0.3) is 0 Å². The monoisotopic (exact) mass is 289 g/mol. The summed E-state index contributed by atoms with van der Waals surface area (Å²) in [5, 5.41) is 6.12. The molecule has 2 rings (SSSR count). The Kier molecular flexibility index (Phi) is 5.47. The molecule has 0 saturated carbocycles. The maximum absolute atomic E-state index is 12.1. The van der Waals surface area contributed by atoms with Crippen LogP contribution in [0.3, 0.4) is 0 Å². The van der Waals surface area contributed by atoms with Gasteiger partial charge in [-0.2, -0.15) is 0 Å². The van der Waals surface area contributed by atoms with E-state index in [9.17, 15) is 9.59 Å². The van der Waals surface area contributed by atoms with E-state index in [0.717, 1.165) is 25.9 Å². The van der Waals surface area contributed by atoms with Crippen LogP contribution in [0.2, 0.25) is 0 Å². The van der Waals surface area contributed by atoms with E-state index in [4.69, 9.17) is 0 Å². The molecular weight excluding hydrogens is 266 g/mol. The van der Waals surface area contributed by atoms with Gasteiger partial charge in [-0.15, -0.1) is 0 Å². The first-order valence-electron chi connectivity index (χ1n) is 7.39. The van der Waals surface area contributed by atoms with Crippen molar-refractivity contribution < 1.29 is 9.59 Å². The number of nitrogens with zero attached hydrogens (tertiary/aromatic N) is 1. The molecule has 0 aliphatic carbocycles. The SMILES string of the molecule is CNC1CCN(CC(=O)Nc2ccccc2C(C)=O)CC1. The van der Waals surface area contributed by atoms with Crippen LogP contribution in [0.25, 0.3) is 0 Å². The van der Waals surface area contributed by atoms with Crippen molar-refractivity contribution in [2.24, 2.45) is 0 Å². The molecule has 1 aliphatic rings. The predicted octanol–water partition coefficient (Wildman–Crippen LogP) is 1.51. The summed E-state index contributed by atoms with van der Waals surface area (Å²) in [4.78, 5) is 25.8. The Morgan fingerprint density at radius 1 is 1.24 bits per heavy atom. The summed E-state index contributed by atoms with van der Waals surface area (Å²) >= 11 is 0. The number of carbonyl (C=O) groups is 2. The molecule has 0 radical (unpaired) electrons. The van der Waals surface area contributed by atoms with Crippen molar-refractivity contribution in [3.63, 3.8) is 0 Å². The van der Waals surface area contributed by atoms with E-state index in [1.165, 1.54) is 6.92 Å². The molecule has 1 amide bonds. The number of rotatable bonds is 5. The lowest BCUT2D eigenvalue weighted by Gasteiger charge is -2.31. The van der Waals surface area contributed by atoms with Crippen molar-refractivity contribution in [3.05, 3.63) is 29.8 Å². The minimum Gasteiger partial charge on any atom is -0.324 e. The second-order valence-corrected chi connectivity index (χ2v) is 5.49. The molecule has 0 spiro atoms. The van der Waals surface area contributed by atoms with Gasteiger partial charge in [-0.3, -0.25) is 14.5 Å². The zero-order valence-corrected chi connectivity index (χ0v) is 12.7. The van der Waals surface area contributed by atoms with Crippen LogP contribution in [0.15, 0.2) is 24.3 Å². The number of nitrogens with one attached hydrogen (secondary N) is 2. The number of carbonyl (C=O) groups excluding carboxylic acids is 2. The minimum absolute atomic E-state index is 0.0410. The van der Waals surface area contributed by atoms with E-state index in [-0.39, 0.29) is 11.7 Å². The molecule has 5 heteroatoms. The van der Waals surface area contributed by atoms with Gasteiger partial charge in [0, 0.05) is 24.7 Å². The van der Waals surface area contributed by atoms with E-state index in [2.05, 4.69) is 15.5 Å². The topological polar surface area (TPSA) is 61.4 Å². The van der Waals surface area contributed by atoms with Gasteiger partial charge < -0.3 is 10.6 Å². The Bertz CT molecular complexity index is 508. The summed E-state index contributed by atoms with van der Waals surface area (Å²) in [6.45, 7) is 3.73. The Morgan fingerprint density at radius 3 is 2.52 bits per heavy atom. The molecule has 0 bridgehead atoms. The van der Waals surface area contributed by atoms with Crippen LogP contribution in [0, 0.1) is 0 Å². The lowest BCUT2D eigenvalue weighted by molar-refractivity contribution is -0.117. The van der Waals surface area contributed by atoms with Gasteiger partial charge in [0.15, 0.2) is 5.78 Å². The number of benzene rings is 1. The van der Waals surface area contributed by atoms with Gasteiger partial charge in [0.05, 0.1) is 12.2 Å². The largest absolute Gasteiger partial charge is 0.324 e. The van der Waals surface area contributed by atoms with E-state index < -0.39 is 0 Å². The van der Waals surface area contributed by atoms with Crippen LogP contribution >= 0.6 is 0 Å². The van der Waals surface area contributed by atoms with Gasteiger partial charge in [-0.25, -0.2) is 0 Å². The molecule has 21 heavy (non-hydrogen) atoms. The number of Topliss-reactive ketones (excluding diaryl/α,β-unsaturated/α-hetero) is 1. The van der Waals surface area contributed by atoms with Gasteiger partial charge in [-0.1, -0.05) is 12.1 Å². The van der Waals surface area contributed by atoms with Crippen LogP contribution in [-0.2, 0) is 4.79 Å². The quantitative estimate of drug-likeness (QED) is 0.807. The van der Waals surface area contributed by atoms with Crippen LogP contribution in [-0.4, -0.2) is 49.3 Å². The molecule has 1 saturated heterocycles. The van der Waals surface area contributed by atoms with Crippen LogP contribution in [0.5, 0.6) is 0 Å². The first-order valence-corrected chi connectivity index (χ1v) is 7.39. The van der Waals surface area contributed by atoms with Crippen molar-refractivity contribution in [3.8, 4) is 0 Å². The number of amides is 1. The molecule has 0 unspecified atom stereocenters. The highest BCUT2D eigenvalue weighted by molar-refractivity contribution is 6.04. The Hall–Kier alpha value is -1.72. The van der Waals surface area contributed by atoms with Crippen molar-refractivity contribution in [1.82, 2.24) is 10.2 Å².